The minimum absolute atomic E-state index is 0.250. The number of benzene rings is 2. The fourth-order valence-electron chi connectivity index (χ4n) is 3.76. The largest absolute Gasteiger partial charge is 0.483 e. The van der Waals surface area contributed by atoms with Gasteiger partial charge < -0.3 is 4.74 Å². The van der Waals surface area contributed by atoms with E-state index in [2.05, 4.69) is 63.3 Å². The lowest BCUT2D eigenvalue weighted by Crippen LogP contribution is -2.28. The van der Waals surface area contributed by atoms with Crippen LogP contribution in [0, 0.1) is 6.92 Å². The summed E-state index contributed by atoms with van der Waals surface area (Å²) < 4.78 is 5.92. The third-order valence-electron chi connectivity index (χ3n) is 5.46. The maximum atomic E-state index is 11.8. The summed E-state index contributed by atoms with van der Waals surface area (Å²) in [6, 6.07) is 12.4. The predicted octanol–water partition coefficient (Wildman–Crippen LogP) is 6.89. The Labute approximate surface area is 175 Å². The van der Waals surface area contributed by atoms with Crippen molar-refractivity contribution < 1.29 is 9.53 Å². The van der Waals surface area contributed by atoms with Crippen molar-refractivity contribution in [1.29, 1.82) is 0 Å². The van der Waals surface area contributed by atoms with E-state index >= 15 is 0 Å². The highest BCUT2D eigenvalue weighted by atomic mass is 16.5. The summed E-state index contributed by atoms with van der Waals surface area (Å²) in [4.78, 5) is 11.8. The molecule has 0 aromatic heterocycles. The van der Waals surface area contributed by atoms with Crippen LogP contribution in [-0.2, 0) is 12.8 Å². The summed E-state index contributed by atoms with van der Waals surface area (Å²) in [5.41, 5.74) is 7.12. The number of hydrogen-bond acceptors (Lipinski definition) is 2. The van der Waals surface area contributed by atoms with E-state index in [4.69, 9.17) is 4.74 Å². The van der Waals surface area contributed by atoms with Gasteiger partial charge >= 0.3 is 0 Å². The first-order valence-corrected chi connectivity index (χ1v) is 10.5. The van der Waals surface area contributed by atoms with E-state index in [1.165, 1.54) is 22.3 Å². The molecule has 2 heteroatoms. The van der Waals surface area contributed by atoms with E-state index in [1.807, 2.05) is 26.0 Å². The van der Waals surface area contributed by atoms with Crippen LogP contribution in [0.1, 0.15) is 73.1 Å². The summed E-state index contributed by atoms with van der Waals surface area (Å²) in [5.74, 6) is 1.18. The molecule has 0 spiro atoms. The van der Waals surface area contributed by atoms with Crippen LogP contribution in [-0.4, -0.2) is 11.4 Å². The molecule has 0 unspecified atom stereocenters. The molecule has 0 bridgehead atoms. The van der Waals surface area contributed by atoms with E-state index in [0.717, 1.165) is 36.1 Å². The summed E-state index contributed by atoms with van der Waals surface area (Å²) in [7, 11) is 0. The molecule has 152 valence electrons. The first-order valence-electron chi connectivity index (χ1n) is 10.5. The summed E-state index contributed by atoms with van der Waals surface area (Å²) in [6.07, 6.45) is 10.1. The Hall–Kier alpha value is -2.61. The number of ketones is 1. The van der Waals surface area contributed by atoms with E-state index < -0.39 is 0 Å². The van der Waals surface area contributed by atoms with Crippen molar-refractivity contribution in [2.24, 2.45) is 0 Å². The third kappa shape index (κ3) is 5.26. The lowest BCUT2D eigenvalue weighted by Gasteiger charge is -2.30. The molecule has 0 saturated heterocycles. The number of hydrogen-bond donors (Lipinski definition) is 0. The van der Waals surface area contributed by atoms with Crippen molar-refractivity contribution in [1.82, 2.24) is 0 Å². The fraction of sp³-hybridized carbons (Fsp3) is 0.370. The van der Waals surface area contributed by atoms with Crippen LogP contribution in [0.3, 0.4) is 0 Å². The van der Waals surface area contributed by atoms with Crippen LogP contribution < -0.4 is 4.74 Å². The summed E-state index contributed by atoms with van der Waals surface area (Å²) in [5, 5.41) is 0. The molecular formula is C27H32O2. The molecule has 2 aromatic rings. The predicted molar refractivity (Wildman–Crippen MR) is 122 cm³/mol. The van der Waals surface area contributed by atoms with Gasteiger partial charge in [-0.3, -0.25) is 4.79 Å². The van der Waals surface area contributed by atoms with Crippen molar-refractivity contribution in [2.75, 3.05) is 0 Å². The quantitative estimate of drug-likeness (QED) is 0.523. The molecule has 4 rings (SSSR count). The molecular weight excluding hydrogens is 356 g/mol. The molecule has 0 N–H and O–H groups in total. The lowest BCUT2D eigenvalue weighted by atomic mass is 9.85. The molecule has 0 amide bonds. The van der Waals surface area contributed by atoms with Gasteiger partial charge in [-0.2, -0.15) is 0 Å². The third-order valence-corrected chi connectivity index (χ3v) is 5.46. The Morgan fingerprint density at radius 3 is 2.59 bits per heavy atom. The van der Waals surface area contributed by atoms with Gasteiger partial charge in [-0.15, -0.1) is 0 Å². The van der Waals surface area contributed by atoms with Gasteiger partial charge in [0.25, 0.3) is 0 Å². The number of ether oxygens (including phenoxy) is 1. The standard InChI is InChI=1S/C15H16O2.C12H16/c1-15(2)9-8-12-10-4-3-5-13(16)11(10)6-7-14(12)17-15;1-10(2)8-9-12-7-5-4-6-11(12)3/h6-9H,3-5H2,1-2H3;4-8H,9H2,1-3H3. The van der Waals surface area contributed by atoms with Crippen LogP contribution in [0.25, 0.3) is 6.08 Å². The van der Waals surface area contributed by atoms with Crippen molar-refractivity contribution in [3.8, 4) is 5.75 Å². The minimum atomic E-state index is -0.250. The van der Waals surface area contributed by atoms with Gasteiger partial charge in [-0.25, -0.2) is 0 Å². The molecule has 0 radical (unpaired) electrons. The smallest absolute Gasteiger partial charge is 0.163 e. The highest BCUT2D eigenvalue weighted by Gasteiger charge is 2.27. The van der Waals surface area contributed by atoms with E-state index in [0.29, 0.717) is 6.42 Å². The van der Waals surface area contributed by atoms with Crippen molar-refractivity contribution >= 4 is 11.9 Å². The van der Waals surface area contributed by atoms with Gasteiger partial charge in [0.15, 0.2) is 5.78 Å². The van der Waals surface area contributed by atoms with Gasteiger partial charge in [-0.05, 0) is 88.8 Å². The summed E-state index contributed by atoms with van der Waals surface area (Å²) >= 11 is 0. The molecule has 29 heavy (non-hydrogen) atoms. The first kappa shape index (κ1) is 21.1. The van der Waals surface area contributed by atoms with Gasteiger partial charge in [-0.1, -0.05) is 42.0 Å². The first-order chi connectivity index (χ1) is 13.8. The van der Waals surface area contributed by atoms with Crippen molar-refractivity contribution in [3.05, 3.63) is 81.9 Å². The zero-order valence-corrected chi connectivity index (χ0v) is 18.3. The second-order valence-electron chi connectivity index (χ2n) is 8.73. The maximum Gasteiger partial charge on any atom is 0.163 e. The number of allylic oxidation sites excluding steroid dienone is 2. The van der Waals surface area contributed by atoms with Gasteiger partial charge in [0, 0.05) is 17.5 Å². The molecule has 1 aliphatic carbocycles. The normalized spacial score (nSPS) is 16.0. The number of Topliss-reactive ketones (excluding diaryl/α,β-unsaturated/α-hetero) is 1. The van der Waals surface area contributed by atoms with Crippen LogP contribution in [0.5, 0.6) is 5.75 Å². The Bertz CT molecular complexity index is 956. The minimum Gasteiger partial charge on any atom is -0.483 e. The molecule has 0 atom stereocenters. The second kappa shape index (κ2) is 8.82. The zero-order valence-electron chi connectivity index (χ0n) is 18.3. The summed E-state index contributed by atoms with van der Waals surface area (Å²) in [6.45, 7) is 10.5. The average Bonchev–Trinajstić information content (AvgIpc) is 2.67. The molecule has 0 fully saturated rings. The Morgan fingerprint density at radius 2 is 1.86 bits per heavy atom. The number of carbonyl (C=O) groups is 1. The highest BCUT2D eigenvalue weighted by molar-refractivity contribution is 5.99. The number of rotatable bonds is 2. The van der Waals surface area contributed by atoms with Gasteiger partial charge in [0.1, 0.15) is 11.4 Å². The Kier molecular flexibility index (Phi) is 6.42. The number of fused-ring (bicyclic) bond motifs is 3. The monoisotopic (exact) mass is 388 g/mol. The van der Waals surface area contributed by atoms with Crippen molar-refractivity contribution in [2.45, 2.75) is 65.9 Å². The zero-order chi connectivity index (χ0) is 21.0. The van der Waals surface area contributed by atoms with Crippen LogP contribution in [0.4, 0.5) is 0 Å². The number of carbonyl (C=O) groups excluding carboxylic acids is 1. The SMILES string of the molecule is CC(C)=CCc1ccccc1C.CC1(C)C=Cc2c(ccc3c2CCCC3=O)O1. The van der Waals surface area contributed by atoms with Gasteiger partial charge in [0.2, 0.25) is 0 Å². The Balaban J connectivity index is 0.000000177. The van der Waals surface area contributed by atoms with Crippen LogP contribution in [0.2, 0.25) is 0 Å². The highest BCUT2D eigenvalue weighted by Crippen LogP contribution is 2.37. The van der Waals surface area contributed by atoms with Crippen molar-refractivity contribution in [3.63, 3.8) is 0 Å². The number of aryl methyl sites for hydroxylation is 1. The molecule has 2 nitrogen and oxygen atoms in total. The van der Waals surface area contributed by atoms with E-state index in [-0.39, 0.29) is 11.4 Å². The lowest BCUT2D eigenvalue weighted by molar-refractivity contribution is 0.0972. The molecule has 2 aliphatic rings. The molecule has 1 aliphatic heterocycles. The molecule has 2 aromatic carbocycles. The maximum absolute atomic E-state index is 11.8. The van der Waals surface area contributed by atoms with Gasteiger partial charge in [0.05, 0.1) is 0 Å². The van der Waals surface area contributed by atoms with Crippen LogP contribution in [0.15, 0.2) is 54.1 Å². The second-order valence-corrected chi connectivity index (χ2v) is 8.73. The van der Waals surface area contributed by atoms with Crippen LogP contribution >= 0.6 is 0 Å². The molecule has 1 heterocycles. The van der Waals surface area contributed by atoms with E-state index in [9.17, 15) is 4.79 Å². The topological polar surface area (TPSA) is 26.3 Å². The fourth-order valence-corrected chi connectivity index (χ4v) is 3.76. The Morgan fingerprint density at radius 1 is 1.10 bits per heavy atom. The molecule has 0 saturated carbocycles. The van der Waals surface area contributed by atoms with E-state index in [1.54, 1.807) is 0 Å². The average molecular weight is 389 g/mol.